The minimum absolute atomic E-state index is 0.0571. The molecule has 2 aliphatic rings. The van der Waals surface area contributed by atoms with Crippen molar-refractivity contribution < 1.29 is 9.47 Å². The maximum Gasteiger partial charge on any atom is 0.0910 e. The molecule has 0 bridgehead atoms. The molecule has 16 heavy (non-hydrogen) atoms. The van der Waals surface area contributed by atoms with Gasteiger partial charge in [-0.3, -0.25) is 0 Å². The zero-order chi connectivity index (χ0) is 11.4. The Morgan fingerprint density at radius 2 is 2.12 bits per heavy atom. The van der Waals surface area contributed by atoms with Crippen LogP contribution in [0.4, 0.5) is 0 Å². The fraction of sp³-hybridized carbons (Fsp3) is 0.846. The van der Waals surface area contributed by atoms with Gasteiger partial charge in [-0.1, -0.05) is 11.6 Å². The Kier molecular flexibility index (Phi) is 4.00. The predicted molar refractivity (Wildman–Crippen MR) is 64.3 cm³/mol. The van der Waals surface area contributed by atoms with E-state index in [-0.39, 0.29) is 11.6 Å². The number of hydrogen-bond acceptors (Lipinski definition) is 3. The van der Waals surface area contributed by atoms with Crippen LogP contribution in [-0.4, -0.2) is 32.0 Å². The van der Waals surface area contributed by atoms with E-state index in [9.17, 15) is 0 Å². The topological polar surface area (TPSA) is 44.5 Å². The van der Waals surface area contributed by atoms with E-state index in [1.54, 1.807) is 7.11 Å². The Bertz CT molecular complexity index is 257. The summed E-state index contributed by atoms with van der Waals surface area (Å²) < 4.78 is 11.2. The van der Waals surface area contributed by atoms with Crippen molar-refractivity contribution in [1.29, 1.82) is 0 Å². The highest BCUT2D eigenvalue weighted by molar-refractivity contribution is 5.19. The standard InChI is InChI=1S/C13H23NO2/c1-15-13(7-9-16-10-8-13)12(14)11-5-3-2-4-6-11/h5,12H,2-4,6-10,14H2,1H3. The highest BCUT2D eigenvalue weighted by atomic mass is 16.5. The van der Waals surface area contributed by atoms with E-state index in [1.807, 2.05) is 0 Å². The third-order valence-electron chi connectivity index (χ3n) is 4.04. The van der Waals surface area contributed by atoms with Gasteiger partial charge < -0.3 is 15.2 Å². The van der Waals surface area contributed by atoms with Gasteiger partial charge in [-0.25, -0.2) is 0 Å². The molecule has 92 valence electrons. The van der Waals surface area contributed by atoms with E-state index in [2.05, 4.69) is 6.08 Å². The summed E-state index contributed by atoms with van der Waals surface area (Å²) in [6.07, 6.45) is 9.07. The molecule has 1 aliphatic carbocycles. The number of nitrogens with two attached hydrogens (primary N) is 1. The van der Waals surface area contributed by atoms with Gasteiger partial charge in [-0.05, 0) is 25.7 Å². The van der Waals surface area contributed by atoms with Crippen molar-refractivity contribution in [1.82, 2.24) is 0 Å². The summed E-state index contributed by atoms with van der Waals surface area (Å²) in [5.41, 5.74) is 7.64. The van der Waals surface area contributed by atoms with Crippen LogP contribution in [-0.2, 0) is 9.47 Å². The molecular formula is C13H23NO2. The summed E-state index contributed by atoms with van der Waals surface area (Å²) in [5.74, 6) is 0. The summed E-state index contributed by atoms with van der Waals surface area (Å²) in [6, 6.07) is 0.0571. The molecule has 1 unspecified atom stereocenters. The van der Waals surface area contributed by atoms with E-state index >= 15 is 0 Å². The summed E-state index contributed by atoms with van der Waals surface area (Å²) in [6.45, 7) is 1.55. The van der Waals surface area contributed by atoms with E-state index in [0.29, 0.717) is 0 Å². The number of rotatable bonds is 3. The monoisotopic (exact) mass is 225 g/mol. The fourth-order valence-electron chi connectivity index (χ4n) is 2.84. The smallest absolute Gasteiger partial charge is 0.0910 e. The zero-order valence-corrected chi connectivity index (χ0v) is 10.2. The Morgan fingerprint density at radius 1 is 1.38 bits per heavy atom. The zero-order valence-electron chi connectivity index (χ0n) is 10.2. The molecule has 2 N–H and O–H groups in total. The predicted octanol–water partition coefficient (Wildman–Crippen LogP) is 2.01. The van der Waals surface area contributed by atoms with Gasteiger partial charge in [0.2, 0.25) is 0 Å². The molecular weight excluding hydrogens is 202 g/mol. The first-order chi connectivity index (χ1) is 7.78. The SMILES string of the molecule is COC1(C(N)C2=CCCCC2)CCOCC1. The van der Waals surface area contributed by atoms with Crippen molar-refractivity contribution in [3.05, 3.63) is 11.6 Å². The van der Waals surface area contributed by atoms with Crippen molar-refractivity contribution in [3.63, 3.8) is 0 Å². The van der Waals surface area contributed by atoms with Crippen LogP contribution >= 0.6 is 0 Å². The van der Waals surface area contributed by atoms with Crippen LogP contribution in [0.5, 0.6) is 0 Å². The Labute approximate surface area is 98.0 Å². The van der Waals surface area contributed by atoms with Crippen molar-refractivity contribution in [2.45, 2.75) is 50.2 Å². The highest BCUT2D eigenvalue weighted by Gasteiger charge is 2.40. The quantitative estimate of drug-likeness (QED) is 0.747. The number of allylic oxidation sites excluding steroid dienone is 1. The highest BCUT2D eigenvalue weighted by Crippen LogP contribution is 2.33. The molecule has 1 heterocycles. The molecule has 1 atom stereocenters. The molecule has 0 radical (unpaired) electrons. The molecule has 1 fully saturated rings. The second-order valence-electron chi connectivity index (χ2n) is 4.88. The number of ether oxygens (including phenoxy) is 2. The lowest BCUT2D eigenvalue weighted by Crippen LogP contribution is -2.54. The Balaban J connectivity index is 2.10. The molecule has 1 aliphatic heterocycles. The van der Waals surface area contributed by atoms with Crippen LogP contribution in [0, 0.1) is 0 Å². The van der Waals surface area contributed by atoms with E-state index in [0.717, 1.165) is 32.5 Å². The molecule has 0 spiro atoms. The molecule has 0 aromatic rings. The summed E-state index contributed by atoms with van der Waals surface area (Å²) in [5, 5.41) is 0. The van der Waals surface area contributed by atoms with Gasteiger partial charge in [-0.2, -0.15) is 0 Å². The minimum atomic E-state index is -0.179. The summed E-state index contributed by atoms with van der Waals surface area (Å²) in [7, 11) is 1.79. The lowest BCUT2D eigenvalue weighted by molar-refractivity contribution is -0.0980. The summed E-state index contributed by atoms with van der Waals surface area (Å²) >= 11 is 0. The average Bonchev–Trinajstić information content (AvgIpc) is 2.39. The van der Waals surface area contributed by atoms with Crippen LogP contribution in [0.1, 0.15) is 38.5 Å². The second-order valence-corrected chi connectivity index (χ2v) is 4.88. The van der Waals surface area contributed by atoms with Gasteiger partial charge in [0.15, 0.2) is 0 Å². The van der Waals surface area contributed by atoms with Crippen LogP contribution < -0.4 is 5.73 Å². The largest absolute Gasteiger partial charge is 0.381 e. The number of methoxy groups -OCH3 is 1. The van der Waals surface area contributed by atoms with Gasteiger partial charge in [0.25, 0.3) is 0 Å². The summed E-state index contributed by atoms with van der Waals surface area (Å²) in [4.78, 5) is 0. The second kappa shape index (κ2) is 5.30. The van der Waals surface area contributed by atoms with Crippen molar-refractivity contribution in [3.8, 4) is 0 Å². The van der Waals surface area contributed by atoms with Crippen LogP contribution in [0.15, 0.2) is 11.6 Å². The molecule has 2 rings (SSSR count). The van der Waals surface area contributed by atoms with Crippen molar-refractivity contribution in [2.75, 3.05) is 20.3 Å². The van der Waals surface area contributed by atoms with E-state index in [1.165, 1.54) is 24.8 Å². The van der Waals surface area contributed by atoms with Crippen LogP contribution in [0.2, 0.25) is 0 Å². The third kappa shape index (κ3) is 2.31. The lowest BCUT2D eigenvalue weighted by Gasteiger charge is -2.42. The van der Waals surface area contributed by atoms with Crippen molar-refractivity contribution >= 4 is 0 Å². The molecule has 0 aromatic carbocycles. The molecule has 3 heteroatoms. The number of hydrogen-bond donors (Lipinski definition) is 1. The van der Waals surface area contributed by atoms with Crippen LogP contribution in [0.3, 0.4) is 0 Å². The minimum Gasteiger partial charge on any atom is -0.381 e. The first-order valence-corrected chi connectivity index (χ1v) is 6.36. The molecule has 3 nitrogen and oxygen atoms in total. The van der Waals surface area contributed by atoms with E-state index < -0.39 is 0 Å². The molecule has 0 saturated carbocycles. The first-order valence-electron chi connectivity index (χ1n) is 6.36. The molecule has 0 aromatic heterocycles. The maximum absolute atomic E-state index is 6.42. The van der Waals surface area contributed by atoms with Gasteiger partial charge in [-0.15, -0.1) is 0 Å². The Hall–Kier alpha value is -0.380. The Morgan fingerprint density at radius 3 is 2.69 bits per heavy atom. The van der Waals surface area contributed by atoms with Crippen LogP contribution in [0.25, 0.3) is 0 Å². The molecule has 1 saturated heterocycles. The van der Waals surface area contributed by atoms with Gasteiger partial charge in [0, 0.05) is 33.2 Å². The van der Waals surface area contributed by atoms with Gasteiger partial charge in [0.1, 0.15) is 0 Å². The maximum atomic E-state index is 6.42. The van der Waals surface area contributed by atoms with Crippen molar-refractivity contribution in [2.24, 2.45) is 5.73 Å². The normalized spacial score (nSPS) is 27.2. The first kappa shape index (κ1) is 12.1. The fourth-order valence-corrected chi connectivity index (χ4v) is 2.84. The average molecular weight is 225 g/mol. The van der Waals surface area contributed by atoms with Gasteiger partial charge in [0.05, 0.1) is 11.6 Å². The third-order valence-corrected chi connectivity index (χ3v) is 4.04. The lowest BCUT2D eigenvalue weighted by atomic mass is 9.79. The molecule has 0 amide bonds. The van der Waals surface area contributed by atoms with Gasteiger partial charge >= 0.3 is 0 Å². The van der Waals surface area contributed by atoms with E-state index in [4.69, 9.17) is 15.2 Å².